The van der Waals surface area contributed by atoms with Crippen molar-refractivity contribution in [2.45, 2.75) is 44.6 Å². The Labute approximate surface area is 225 Å². The highest BCUT2D eigenvalue weighted by molar-refractivity contribution is 5.91. The van der Waals surface area contributed by atoms with E-state index in [1.54, 1.807) is 30.3 Å². The van der Waals surface area contributed by atoms with E-state index in [0.29, 0.717) is 12.1 Å². The zero-order valence-electron chi connectivity index (χ0n) is 21.2. The summed E-state index contributed by atoms with van der Waals surface area (Å²) in [5.41, 5.74) is 3.06. The van der Waals surface area contributed by atoms with Crippen molar-refractivity contribution >= 4 is 17.9 Å². The molecule has 2 aliphatic rings. The second-order valence-corrected chi connectivity index (χ2v) is 9.70. The molecule has 3 atom stereocenters. The van der Waals surface area contributed by atoms with Gasteiger partial charge in [-0.1, -0.05) is 37.3 Å². The second-order valence-electron chi connectivity index (χ2n) is 9.70. The minimum atomic E-state index is -5.06. The molecule has 2 aromatic carbocycles. The fraction of sp³-hybridized carbons (Fsp3) is 0.423. The number of carbonyl (C=O) groups is 3. The molecule has 0 radical (unpaired) electrons. The number of nitrogens with zero attached hydrogens (tertiary/aromatic N) is 3. The standard InChI is InChI=1S/C26H26F6N4O4/c1-15-11-35(24(39)40-14-17-7-18(25(27,28)29)9-19(8-17)26(30,31)32)21-13-34(12-16-5-3-2-4-6-16)23(38)20(10-33)36(21)22(15)37/h2-9,15,20-21H,10-14,33H2,1H3/t15-,20-,21+/m0/s1. The van der Waals surface area contributed by atoms with E-state index in [-0.39, 0.29) is 32.2 Å². The molecule has 4 rings (SSSR count). The number of hydrogen-bond donors (Lipinski definition) is 1. The lowest BCUT2D eigenvalue weighted by Crippen LogP contribution is -2.73. The average molecular weight is 573 g/mol. The normalized spacial score (nSPS) is 21.9. The van der Waals surface area contributed by atoms with Gasteiger partial charge in [0.25, 0.3) is 0 Å². The van der Waals surface area contributed by atoms with Gasteiger partial charge in [-0.15, -0.1) is 0 Å². The van der Waals surface area contributed by atoms with Crippen LogP contribution in [-0.2, 0) is 39.8 Å². The lowest BCUT2D eigenvalue weighted by Gasteiger charge is -2.53. The Kier molecular flexibility index (Phi) is 8.01. The van der Waals surface area contributed by atoms with Crippen LogP contribution in [0.3, 0.4) is 0 Å². The van der Waals surface area contributed by atoms with Crippen molar-refractivity contribution in [3.63, 3.8) is 0 Å². The number of nitrogens with two attached hydrogens (primary N) is 1. The summed E-state index contributed by atoms with van der Waals surface area (Å²) in [6, 6.07) is 8.80. The molecule has 0 saturated carbocycles. The number of amides is 3. The van der Waals surface area contributed by atoms with E-state index in [1.165, 1.54) is 16.7 Å². The first kappa shape index (κ1) is 29.2. The van der Waals surface area contributed by atoms with Crippen molar-refractivity contribution in [3.05, 3.63) is 70.8 Å². The first-order valence-electron chi connectivity index (χ1n) is 12.3. The van der Waals surface area contributed by atoms with Gasteiger partial charge in [0.2, 0.25) is 11.8 Å². The third kappa shape index (κ3) is 6.01. The number of halogens is 6. The molecule has 0 aliphatic carbocycles. The van der Waals surface area contributed by atoms with Gasteiger partial charge in [-0.2, -0.15) is 26.3 Å². The third-order valence-electron chi connectivity index (χ3n) is 6.83. The van der Waals surface area contributed by atoms with Gasteiger partial charge in [0.1, 0.15) is 18.8 Å². The largest absolute Gasteiger partial charge is 0.444 e. The maximum absolute atomic E-state index is 13.2. The average Bonchev–Trinajstić information content (AvgIpc) is 2.89. The molecular formula is C26H26F6N4O4. The molecule has 216 valence electrons. The van der Waals surface area contributed by atoms with Crippen molar-refractivity contribution in [2.75, 3.05) is 19.6 Å². The first-order valence-corrected chi connectivity index (χ1v) is 12.3. The minimum Gasteiger partial charge on any atom is -0.444 e. The van der Waals surface area contributed by atoms with Gasteiger partial charge in [-0.3, -0.25) is 14.5 Å². The number of hydrogen-bond acceptors (Lipinski definition) is 5. The predicted octanol–water partition coefficient (Wildman–Crippen LogP) is 3.84. The van der Waals surface area contributed by atoms with E-state index >= 15 is 0 Å². The molecule has 0 bridgehead atoms. The maximum atomic E-state index is 13.2. The van der Waals surface area contributed by atoms with E-state index in [9.17, 15) is 40.7 Å². The highest BCUT2D eigenvalue weighted by atomic mass is 19.4. The summed E-state index contributed by atoms with van der Waals surface area (Å²) in [5.74, 6) is -1.59. The Morgan fingerprint density at radius 2 is 1.52 bits per heavy atom. The number of fused-ring (bicyclic) bond motifs is 1. The Morgan fingerprint density at radius 3 is 2.08 bits per heavy atom. The fourth-order valence-electron chi connectivity index (χ4n) is 4.90. The van der Waals surface area contributed by atoms with Gasteiger partial charge in [0.15, 0.2) is 0 Å². The maximum Gasteiger partial charge on any atom is 0.416 e. The molecule has 0 unspecified atom stereocenters. The summed E-state index contributed by atoms with van der Waals surface area (Å²) in [6.45, 7) is 0.337. The minimum absolute atomic E-state index is 0.0194. The molecule has 0 aromatic heterocycles. The molecule has 2 fully saturated rings. The van der Waals surface area contributed by atoms with Crippen molar-refractivity contribution in [1.82, 2.24) is 14.7 Å². The van der Waals surface area contributed by atoms with Crippen LogP contribution in [-0.4, -0.2) is 64.4 Å². The number of piperazine rings is 1. The Bertz CT molecular complexity index is 1240. The van der Waals surface area contributed by atoms with E-state index in [2.05, 4.69) is 0 Å². The molecule has 14 heteroatoms. The predicted molar refractivity (Wildman–Crippen MR) is 128 cm³/mol. The summed E-state index contributed by atoms with van der Waals surface area (Å²) >= 11 is 0. The summed E-state index contributed by atoms with van der Waals surface area (Å²) in [7, 11) is 0. The molecular weight excluding hydrogens is 546 g/mol. The second kappa shape index (κ2) is 11.0. The van der Waals surface area contributed by atoms with Gasteiger partial charge < -0.3 is 20.3 Å². The van der Waals surface area contributed by atoms with Crippen molar-refractivity contribution in [1.29, 1.82) is 0 Å². The molecule has 2 aromatic rings. The SMILES string of the molecule is C[C@H]1CN(C(=O)OCc2cc(C(F)(F)F)cc(C(F)(F)F)c2)[C@H]2CN(Cc3ccccc3)C(=O)[C@H](CN)N2C1=O. The number of ether oxygens (including phenoxy) is 1. The Balaban J connectivity index is 1.58. The van der Waals surface area contributed by atoms with Gasteiger partial charge >= 0.3 is 18.4 Å². The van der Waals surface area contributed by atoms with Crippen LogP contribution in [0.4, 0.5) is 31.1 Å². The number of benzene rings is 2. The number of alkyl halides is 6. The quantitative estimate of drug-likeness (QED) is 0.550. The Hall–Kier alpha value is -3.81. The highest BCUT2D eigenvalue weighted by Crippen LogP contribution is 2.37. The van der Waals surface area contributed by atoms with Crippen LogP contribution >= 0.6 is 0 Å². The number of carbonyl (C=O) groups excluding carboxylic acids is 3. The van der Waals surface area contributed by atoms with Gasteiger partial charge in [-0.05, 0) is 29.3 Å². The Morgan fingerprint density at radius 1 is 0.925 bits per heavy atom. The van der Waals surface area contributed by atoms with E-state index < -0.39 is 71.7 Å². The van der Waals surface area contributed by atoms with E-state index in [0.717, 1.165) is 10.5 Å². The van der Waals surface area contributed by atoms with Crippen LogP contribution in [0, 0.1) is 5.92 Å². The van der Waals surface area contributed by atoms with Crippen LogP contribution in [0.15, 0.2) is 48.5 Å². The molecule has 2 saturated heterocycles. The van der Waals surface area contributed by atoms with Gasteiger partial charge in [0.05, 0.1) is 23.6 Å². The van der Waals surface area contributed by atoms with E-state index in [1.807, 2.05) is 0 Å². The van der Waals surface area contributed by atoms with Crippen LogP contribution in [0.25, 0.3) is 0 Å². The molecule has 0 spiro atoms. The van der Waals surface area contributed by atoms with Crippen LogP contribution in [0.1, 0.15) is 29.2 Å². The molecule has 2 N–H and O–H groups in total. The zero-order valence-corrected chi connectivity index (χ0v) is 21.2. The van der Waals surface area contributed by atoms with Gasteiger partial charge in [0, 0.05) is 19.6 Å². The molecule has 40 heavy (non-hydrogen) atoms. The van der Waals surface area contributed by atoms with Crippen molar-refractivity contribution in [3.8, 4) is 0 Å². The highest BCUT2D eigenvalue weighted by Gasteiger charge is 2.50. The molecule has 8 nitrogen and oxygen atoms in total. The topological polar surface area (TPSA) is 96.2 Å². The van der Waals surface area contributed by atoms with Crippen LogP contribution < -0.4 is 5.73 Å². The van der Waals surface area contributed by atoms with Crippen LogP contribution in [0.2, 0.25) is 0 Å². The monoisotopic (exact) mass is 572 g/mol. The zero-order chi connectivity index (χ0) is 29.4. The third-order valence-corrected chi connectivity index (χ3v) is 6.83. The van der Waals surface area contributed by atoms with Crippen molar-refractivity contribution < 1.29 is 45.5 Å². The smallest absolute Gasteiger partial charge is 0.416 e. The van der Waals surface area contributed by atoms with Gasteiger partial charge in [-0.25, -0.2) is 4.79 Å². The first-order chi connectivity index (χ1) is 18.7. The molecule has 2 heterocycles. The fourth-order valence-corrected chi connectivity index (χ4v) is 4.90. The number of rotatable bonds is 5. The lowest BCUT2D eigenvalue weighted by atomic mass is 9.98. The van der Waals surface area contributed by atoms with E-state index in [4.69, 9.17) is 10.5 Å². The summed E-state index contributed by atoms with van der Waals surface area (Å²) in [5, 5.41) is 0. The molecule has 3 amide bonds. The molecule has 2 aliphatic heterocycles. The summed E-state index contributed by atoms with van der Waals surface area (Å²) < 4.78 is 84.5. The van der Waals surface area contributed by atoms with Crippen molar-refractivity contribution in [2.24, 2.45) is 11.7 Å². The summed E-state index contributed by atoms with van der Waals surface area (Å²) in [6.07, 6.45) is -12.2. The van der Waals surface area contributed by atoms with Crippen LogP contribution in [0.5, 0.6) is 0 Å². The lowest BCUT2D eigenvalue weighted by molar-refractivity contribution is -0.172. The summed E-state index contributed by atoms with van der Waals surface area (Å²) in [4.78, 5) is 43.3.